The van der Waals surface area contributed by atoms with Gasteiger partial charge in [0.25, 0.3) is 0 Å². The minimum Gasteiger partial charge on any atom is -0.321 e. The maximum Gasteiger partial charge on any atom is 0.329 e. The summed E-state index contributed by atoms with van der Waals surface area (Å²) in [5.41, 5.74) is 4.46. The second kappa shape index (κ2) is 6.84. The van der Waals surface area contributed by atoms with Gasteiger partial charge >= 0.3 is 5.69 Å². The van der Waals surface area contributed by atoms with Gasteiger partial charge in [-0.1, -0.05) is 30.3 Å². The van der Waals surface area contributed by atoms with Crippen molar-refractivity contribution in [1.29, 1.82) is 0 Å². The summed E-state index contributed by atoms with van der Waals surface area (Å²) in [4.78, 5) is 25.2. The van der Waals surface area contributed by atoms with E-state index in [1.54, 1.807) is 16.3 Å². The zero-order valence-electron chi connectivity index (χ0n) is 16.0. The lowest BCUT2D eigenvalue weighted by atomic mass is 10.3. The molecular formula is C21H21N5O2. The number of nitrogens with zero attached hydrogens (tertiary/aromatic N) is 4. The highest BCUT2D eigenvalue weighted by Gasteiger charge is 2.17. The number of para-hydroxylation sites is 3. The molecule has 2 heterocycles. The zero-order chi connectivity index (χ0) is 19.8. The highest BCUT2D eigenvalue weighted by Crippen LogP contribution is 2.23. The first-order valence-electron chi connectivity index (χ1n) is 9.03. The SMILES string of the molecule is Cc1nn(-c2ccccc2)c(C)c1NC(=O)Cn1c(=O)n(C)c2ccccc21. The van der Waals surface area contributed by atoms with Crippen LogP contribution in [0.5, 0.6) is 0 Å². The standard InChI is InChI=1S/C21H21N5O2/c1-14-20(15(2)26(23-14)16-9-5-4-6-10-16)22-19(27)13-25-18-12-8-7-11-17(18)24(3)21(25)28/h4-12H,13H2,1-3H3,(H,22,27). The maximum absolute atomic E-state index is 12.7. The molecule has 4 rings (SSSR count). The van der Waals surface area contributed by atoms with Crippen molar-refractivity contribution in [1.82, 2.24) is 18.9 Å². The first kappa shape index (κ1) is 17.8. The molecule has 1 amide bonds. The molecule has 2 aromatic carbocycles. The Labute approximate surface area is 161 Å². The molecule has 7 nitrogen and oxygen atoms in total. The molecule has 0 fully saturated rings. The number of imidazole rings is 1. The molecule has 4 aromatic rings. The van der Waals surface area contributed by atoms with Crippen LogP contribution in [0.1, 0.15) is 11.4 Å². The Bertz CT molecular complexity index is 1230. The molecule has 142 valence electrons. The van der Waals surface area contributed by atoms with Crippen LogP contribution >= 0.6 is 0 Å². The van der Waals surface area contributed by atoms with Crippen LogP contribution in [0.4, 0.5) is 5.69 Å². The van der Waals surface area contributed by atoms with Gasteiger partial charge < -0.3 is 5.32 Å². The molecule has 28 heavy (non-hydrogen) atoms. The van der Waals surface area contributed by atoms with Gasteiger partial charge in [0.1, 0.15) is 6.54 Å². The zero-order valence-corrected chi connectivity index (χ0v) is 16.0. The summed E-state index contributed by atoms with van der Waals surface area (Å²) < 4.78 is 4.83. The summed E-state index contributed by atoms with van der Waals surface area (Å²) in [6.45, 7) is 3.70. The van der Waals surface area contributed by atoms with E-state index in [1.165, 1.54) is 4.57 Å². The van der Waals surface area contributed by atoms with Gasteiger partial charge in [0, 0.05) is 7.05 Å². The van der Waals surface area contributed by atoms with Crippen LogP contribution in [-0.4, -0.2) is 24.8 Å². The van der Waals surface area contributed by atoms with E-state index in [0.29, 0.717) is 5.69 Å². The Morgan fingerprint density at radius 3 is 2.36 bits per heavy atom. The summed E-state index contributed by atoms with van der Waals surface area (Å²) in [5.74, 6) is -0.266. The smallest absolute Gasteiger partial charge is 0.321 e. The van der Waals surface area contributed by atoms with Gasteiger partial charge in [0.15, 0.2) is 0 Å². The number of rotatable bonds is 4. The highest BCUT2D eigenvalue weighted by atomic mass is 16.2. The lowest BCUT2D eigenvalue weighted by Crippen LogP contribution is -2.28. The van der Waals surface area contributed by atoms with Gasteiger partial charge in [-0.25, -0.2) is 9.48 Å². The van der Waals surface area contributed by atoms with Crippen LogP contribution in [0.3, 0.4) is 0 Å². The van der Waals surface area contributed by atoms with Crippen LogP contribution < -0.4 is 11.0 Å². The van der Waals surface area contributed by atoms with Crippen molar-refractivity contribution < 1.29 is 4.79 Å². The molecule has 2 aromatic heterocycles. The van der Waals surface area contributed by atoms with E-state index in [9.17, 15) is 9.59 Å². The van der Waals surface area contributed by atoms with Crippen molar-refractivity contribution in [3.8, 4) is 5.69 Å². The summed E-state index contributed by atoms with van der Waals surface area (Å²) in [6, 6.07) is 17.2. The van der Waals surface area contributed by atoms with E-state index >= 15 is 0 Å². The fourth-order valence-electron chi connectivity index (χ4n) is 3.48. The number of nitrogens with one attached hydrogen (secondary N) is 1. The number of carbonyl (C=O) groups is 1. The number of anilines is 1. The normalized spacial score (nSPS) is 11.1. The van der Waals surface area contributed by atoms with Crippen molar-refractivity contribution in [3.05, 3.63) is 76.5 Å². The lowest BCUT2D eigenvalue weighted by Gasteiger charge is -2.08. The highest BCUT2D eigenvalue weighted by molar-refractivity contribution is 5.92. The number of carbonyl (C=O) groups excluding carboxylic acids is 1. The van der Waals surface area contributed by atoms with Crippen LogP contribution in [0, 0.1) is 13.8 Å². The maximum atomic E-state index is 12.7. The lowest BCUT2D eigenvalue weighted by molar-refractivity contribution is -0.116. The average molecular weight is 375 g/mol. The molecule has 0 aliphatic heterocycles. The second-order valence-electron chi connectivity index (χ2n) is 6.76. The minimum atomic E-state index is -0.266. The third-order valence-corrected chi connectivity index (χ3v) is 4.91. The van der Waals surface area contributed by atoms with E-state index in [0.717, 1.165) is 28.1 Å². The minimum absolute atomic E-state index is 0.0599. The Kier molecular flexibility index (Phi) is 4.35. The molecule has 7 heteroatoms. The van der Waals surface area contributed by atoms with Gasteiger partial charge in [-0.15, -0.1) is 0 Å². The van der Waals surface area contributed by atoms with E-state index < -0.39 is 0 Å². The van der Waals surface area contributed by atoms with Crippen LogP contribution in [0.25, 0.3) is 16.7 Å². The van der Waals surface area contributed by atoms with Crippen LogP contribution in [0.15, 0.2) is 59.4 Å². The van der Waals surface area contributed by atoms with E-state index in [-0.39, 0.29) is 18.1 Å². The molecule has 0 aliphatic carbocycles. The van der Waals surface area contributed by atoms with E-state index in [2.05, 4.69) is 10.4 Å². The Hall–Kier alpha value is -3.61. The summed E-state index contributed by atoms with van der Waals surface area (Å²) in [7, 11) is 1.71. The topological polar surface area (TPSA) is 73.8 Å². The van der Waals surface area contributed by atoms with Crippen LogP contribution in [0.2, 0.25) is 0 Å². The van der Waals surface area contributed by atoms with Crippen molar-refractivity contribution in [3.63, 3.8) is 0 Å². The molecule has 0 saturated heterocycles. The quantitative estimate of drug-likeness (QED) is 0.596. The van der Waals surface area contributed by atoms with Crippen molar-refractivity contribution in [2.75, 3.05) is 5.32 Å². The number of aryl methyl sites for hydroxylation is 2. The summed E-state index contributed by atoms with van der Waals surface area (Å²) in [5, 5.41) is 7.47. The Morgan fingerprint density at radius 1 is 1.00 bits per heavy atom. The molecule has 0 bridgehead atoms. The molecule has 0 saturated carbocycles. The predicted molar refractivity (Wildman–Crippen MR) is 109 cm³/mol. The fourth-order valence-corrected chi connectivity index (χ4v) is 3.48. The van der Waals surface area contributed by atoms with Gasteiger partial charge in [0.2, 0.25) is 5.91 Å². The molecular weight excluding hydrogens is 354 g/mol. The molecule has 1 N–H and O–H groups in total. The average Bonchev–Trinajstić information content (AvgIpc) is 3.12. The molecule has 0 aliphatic rings. The van der Waals surface area contributed by atoms with E-state index in [1.807, 2.05) is 68.4 Å². The predicted octanol–water partition coefficient (Wildman–Crippen LogP) is 2.78. The van der Waals surface area contributed by atoms with Crippen molar-refractivity contribution >= 4 is 22.6 Å². The van der Waals surface area contributed by atoms with Gasteiger partial charge in [0.05, 0.1) is 33.8 Å². The third kappa shape index (κ3) is 2.90. The van der Waals surface area contributed by atoms with E-state index in [4.69, 9.17) is 0 Å². The molecule has 0 spiro atoms. The Morgan fingerprint density at radius 2 is 1.64 bits per heavy atom. The molecule has 0 unspecified atom stereocenters. The van der Waals surface area contributed by atoms with Crippen LogP contribution in [-0.2, 0) is 18.4 Å². The number of hydrogen-bond donors (Lipinski definition) is 1. The second-order valence-corrected chi connectivity index (χ2v) is 6.76. The first-order valence-corrected chi connectivity index (χ1v) is 9.03. The summed E-state index contributed by atoms with van der Waals surface area (Å²) in [6.07, 6.45) is 0. The fraction of sp³-hybridized carbons (Fsp3) is 0.190. The summed E-state index contributed by atoms with van der Waals surface area (Å²) >= 11 is 0. The number of aromatic nitrogens is 4. The number of fused-ring (bicyclic) bond motifs is 1. The number of benzene rings is 2. The van der Waals surface area contributed by atoms with Gasteiger partial charge in [-0.2, -0.15) is 5.10 Å². The van der Waals surface area contributed by atoms with Crippen molar-refractivity contribution in [2.45, 2.75) is 20.4 Å². The third-order valence-electron chi connectivity index (χ3n) is 4.91. The first-order chi connectivity index (χ1) is 13.5. The number of amides is 1. The monoisotopic (exact) mass is 375 g/mol. The largest absolute Gasteiger partial charge is 0.329 e. The molecule has 0 radical (unpaired) electrons. The van der Waals surface area contributed by atoms with Gasteiger partial charge in [-0.3, -0.25) is 13.9 Å². The Balaban J connectivity index is 1.63. The van der Waals surface area contributed by atoms with Gasteiger partial charge in [-0.05, 0) is 38.1 Å². The molecule has 0 atom stereocenters. The number of hydrogen-bond acceptors (Lipinski definition) is 3. The van der Waals surface area contributed by atoms with Crippen molar-refractivity contribution in [2.24, 2.45) is 7.05 Å².